The van der Waals surface area contributed by atoms with Crippen LogP contribution in [0.5, 0.6) is 0 Å². The van der Waals surface area contributed by atoms with Crippen molar-refractivity contribution in [1.82, 2.24) is 4.90 Å². The van der Waals surface area contributed by atoms with E-state index in [4.69, 9.17) is 22.6 Å². The van der Waals surface area contributed by atoms with Crippen molar-refractivity contribution in [2.24, 2.45) is 29.0 Å². The fourth-order valence-electron chi connectivity index (χ4n) is 5.03. The fourth-order valence-corrected chi connectivity index (χ4v) is 6.63. The average Bonchev–Trinajstić information content (AvgIpc) is 2.89. The number of sulfone groups is 1. The van der Waals surface area contributed by atoms with Crippen molar-refractivity contribution < 1.29 is 13.2 Å². The average molecular weight is 528 g/mol. The summed E-state index contributed by atoms with van der Waals surface area (Å²) < 4.78 is 27.1. The van der Waals surface area contributed by atoms with E-state index >= 15 is 0 Å². The second kappa shape index (κ2) is 13.7. The third kappa shape index (κ3) is 8.38. The van der Waals surface area contributed by atoms with Gasteiger partial charge in [-0.3, -0.25) is 10.2 Å². The van der Waals surface area contributed by atoms with E-state index in [1.165, 1.54) is 0 Å². The minimum absolute atomic E-state index is 0.0641. The monoisotopic (exact) mass is 527 g/mol. The van der Waals surface area contributed by atoms with Crippen molar-refractivity contribution in [3.05, 3.63) is 65.2 Å². The number of nitrogens with one attached hydrogen (secondary N) is 1. The molecule has 2 aromatic carbocycles. The van der Waals surface area contributed by atoms with E-state index in [0.717, 1.165) is 49.7 Å². The Morgan fingerprint density at radius 2 is 1.70 bits per heavy atom. The number of hydrogen-bond acceptors (Lipinski definition) is 6. The number of carbonyl (C=O) groups excluding carboxylic acids is 1. The summed E-state index contributed by atoms with van der Waals surface area (Å²) in [6, 6.07) is 14.2. The number of rotatable bonds is 13. The minimum Gasteiger partial charge on any atom is -0.384 e. The summed E-state index contributed by atoms with van der Waals surface area (Å²) in [4.78, 5) is 15.8. The summed E-state index contributed by atoms with van der Waals surface area (Å²) in [5.41, 5.74) is 19.3. The molecule has 1 aliphatic rings. The highest BCUT2D eigenvalue weighted by Gasteiger charge is 2.32. The summed E-state index contributed by atoms with van der Waals surface area (Å²) in [6.45, 7) is 2.47. The molecule has 0 aromatic heterocycles. The van der Waals surface area contributed by atoms with Crippen LogP contribution in [0.3, 0.4) is 0 Å². The number of nitrogen functional groups attached to an aromatic ring is 1. The lowest BCUT2D eigenvalue weighted by atomic mass is 9.92. The number of amides is 1. The number of likely N-dealkylation sites (tertiary alicyclic amines) is 1. The predicted octanol–water partition coefficient (Wildman–Crippen LogP) is 2.47. The summed E-state index contributed by atoms with van der Waals surface area (Å²) in [7, 11) is -3.72. The summed E-state index contributed by atoms with van der Waals surface area (Å²) >= 11 is 0. The van der Waals surface area contributed by atoms with Gasteiger partial charge in [-0.25, -0.2) is 8.42 Å². The number of nitrogens with zero attached hydrogens (tertiary/aromatic N) is 1. The molecule has 1 fully saturated rings. The van der Waals surface area contributed by atoms with Gasteiger partial charge >= 0.3 is 0 Å². The Kier molecular flexibility index (Phi) is 10.7. The van der Waals surface area contributed by atoms with Crippen LogP contribution in [0.4, 0.5) is 0 Å². The summed E-state index contributed by atoms with van der Waals surface area (Å²) in [6.07, 6.45) is 5.51. The fraction of sp³-hybridized carbons (Fsp3) is 0.500. The Hall–Kier alpha value is -2.75. The molecule has 0 aliphatic carbocycles. The van der Waals surface area contributed by atoms with E-state index in [1.54, 1.807) is 36.4 Å². The first-order valence-corrected chi connectivity index (χ1v) is 14.8. The number of benzene rings is 2. The Balaban J connectivity index is 1.83. The highest BCUT2D eigenvalue weighted by Crippen LogP contribution is 2.25. The number of nitrogens with two attached hydrogens (primary N) is 3. The molecule has 202 valence electrons. The molecule has 1 heterocycles. The van der Waals surface area contributed by atoms with E-state index in [-0.39, 0.29) is 28.8 Å². The molecule has 1 aliphatic heterocycles. The number of hydrogen-bond donors (Lipinski definition) is 4. The van der Waals surface area contributed by atoms with E-state index < -0.39 is 15.8 Å². The van der Waals surface area contributed by atoms with Gasteiger partial charge in [0, 0.05) is 18.7 Å². The topological polar surface area (TPSA) is 156 Å². The molecule has 0 radical (unpaired) electrons. The van der Waals surface area contributed by atoms with Crippen LogP contribution in [0.25, 0.3) is 0 Å². The third-order valence-electron chi connectivity index (χ3n) is 7.17. The second-order valence-corrected chi connectivity index (χ2v) is 12.1. The standard InChI is InChI=1S/C28H41N5O3S/c29-13-2-1-5-22-6-4-9-26(19-22)37(35,36)20-25(18-23-7-3-8-24(17-23)27(31)32)28(34)33-15-11-21(10-14-30)12-16-33/h3-4,6-9,17,19,21,25H,1-2,5,10-16,18,20,29-30H2,(H3,31,32). The van der Waals surface area contributed by atoms with Crippen LogP contribution in [-0.2, 0) is 27.5 Å². The lowest BCUT2D eigenvalue weighted by Gasteiger charge is -2.34. The Morgan fingerprint density at radius 1 is 1.00 bits per heavy atom. The van der Waals surface area contributed by atoms with Gasteiger partial charge < -0.3 is 22.1 Å². The second-order valence-electron chi connectivity index (χ2n) is 10.0. The van der Waals surface area contributed by atoms with Crippen LogP contribution < -0.4 is 17.2 Å². The minimum atomic E-state index is -3.72. The number of unbranched alkanes of at least 4 members (excludes halogenated alkanes) is 1. The maximum Gasteiger partial charge on any atom is 0.227 e. The van der Waals surface area contributed by atoms with E-state index in [9.17, 15) is 13.2 Å². The third-order valence-corrected chi connectivity index (χ3v) is 8.98. The molecule has 0 saturated carbocycles. The largest absolute Gasteiger partial charge is 0.384 e. The van der Waals surface area contributed by atoms with Crippen molar-refractivity contribution in [3.63, 3.8) is 0 Å². The Bertz CT molecular complexity index is 1160. The van der Waals surface area contributed by atoms with Crippen LogP contribution in [0.15, 0.2) is 53.4 Å². The molecule has 1 unspecified atom stereocenters. The molecule has 2 aromatic rings. The van der Waals surface area contributed by atoms with Crippen molar-refractivity contribution in [3.8, 4) is 0 Å². The molecular formula is C28H41N5O3S. The molecule has 9 heteroatoms. The summed E-state index contributed by atoms with van der Waals surface area (Å²) in [5, 5.41) is 7.74. The number of amidine groups is 1. The van der Waals surface area contributed by atoms with Crippen LogP contribution in [0.1, 0.15) is 48.8 Å². The molecule has 1 amide bonds. The van der Waals surface area contributed by atoms with Crippen LogP contribution in [0.2, 0.25) is 0 Å². The van der Waals surface area contributed by atoms with Gasteiger partial charge in [-0.05, 0) is 93.3 Å². The summed E-state index contributed by atoms with van der Waals surface area (Å²) in [5.74, 6) is -0.706. The SMILES string of the molecule is N=C(N)c1cccc(CC(CS(=O)(=O)c2cccc(CCCCN)c2)C(=O)N2CCC(CCN)CC2)c1. The van der Waals surface area contributed by atoms with Gasteiger partial charge in [0.2, 0.25) is 5.91 Å². The first-order valence-electron chi connectivity index (χ1n) is 13.2. The van der Waals surface area contributed by atoms with Crippen molar-refractivity contribution >= 4 is 21.6 Å². The van der Waals surface area contributed by atoms with Gasteiger partial charge in [0.1, 0.15) is 5.84 Å². The molecule has 3 rings (SSSR count). The lowest BCUT2D eigenvalue weighted by molar-refractivity contribution is -0.136. The normalized spacial score (nSPS) is 15.5. The van der Waals surface area contributed by atoms with E-state index in [2.05, 4.69) is 0 Å². The van der Waals surface area contributed by atoms with E-state index in [0.29, 0.717) is 37.7 Å². The van der Waals surface area contributed by atoms with Crippen molar-refractivity contribution in [1.29, 1.82) is 5.41 Å². The molecular weight excluding hydrogens is 486 g/mol. The van der Waals surface area contributed by atoms with Gasteiger partial charge in [-0.1, -0.05) is 30.3 Å². The van der Waals surface area contributed by atoms with Gasteiger partial charge in [-0.15, -0.1) is 0 Å². The van der Waals surface area contributed by atoms with Gasteiger partial charge in [0.05, 0.1) is 16.6 Å². The molecule has 1 atom stereocenters. The molecule has 7 N–H and O–H groups in total. The lowest BCUT2D eigenvalue weighted by Crippen LogP contribution is -2.44. The zero-order chi connectivity index (χ0) is 26.8. The molecule has 37 heavy (non-hydrogen) atoms. The predicted molar refractivity (Wildman–Crippen MR) is 148 cm³/mol. The quantitative estimate of drug-likeness (QED) is 0.178. The first-order chi connectivity index (χ1) is 17.7. The van der Waals surface area contributed by atoms with Gasteiger partial charge in [-0.2, -0.15) is 0 Å². The van der Waals surface area contributed by atoms with Crippen LogP contribution in [0, 0.1) is 17.2 Å². The Morgan fingerprint density at radius 3 is 2.38 bits per heavy atom. The Labute approximate surface area is 221 Å². The van der Waals surface area contributed by atoms with Gasteiger partial charge in [0.25, 0.3) is 0 Å². The number of aryl methyl sites for hydroxylation is 1. The zero-order valence-corrected chi connectivity index (χ0v) is 22.4. The molecule has 0 spiro atoms. The van der Waals surface area contributed by atoms with Crippen molar-refractivity contribution in [2.45, 2.75) is 49.8 Å². The highest BCUT2D eigenvalue weighted by molar-refractivity contribution is 7.91. The molecule has 0 bridgehead atoms. The van der Waals surface area contributed by atoms with Crippen LogP contribution in [-0.4, -0.2) is 57.0 Å². The number of carbonyl (C=O) groups is 1. The maximum atomic E-state index is 13.7. The highest BCUT2D eigenvalue weighted by atomic mass is 32.2. The zero-order valence-electron chi connectivity index (χ0n) is 21.6. The maximum absolute atomic E-state index is 13.7. The smallest absolute Gasteiger partial charge is 0.227 e. The first kappa shape index (κ1) is 28.8. The van der Waals surface area contributed by atoms with Crippen molar-refractivity contribution in [2.75, 3.05) is 31.9 Å². The van der Waals surface area contributed by atoms with E-state index in [1.807, 2.05) is 17.0 Å². The molecule has 8 nitrogen and oxygen atoms in total. The van der Waals surface area contributed by atoms with Crippen LogP contribution >= 0.6 is 0 Å². The van der Waals surface area contributed by atoms with Gasteiger partial charge in [0.15, 0.2) is 9.84 Å². The number of piperidine rings is 1. The molecule has 1 saturated heterocycles.